The highest BCUT2D eigenvalue weighted by Crippen LogP contribution is 2.43. The van der Waals surface area contributed by atoms with Gasteiger partial charge in [0.15, 0.2) is 0 Å². The van der Waals surface area contributed by atoms with E-state index in [-0.39, 0.29) is 19.0 Å². The fraction of sp³-hybridized carbons (Fsp3) is 0.160. The van der Waals surface area contributed by atoms with E-state index in [9.17, 15) is 4.79 Å². The van der Waals surface area contributed by atoms with Gasteiger partial charge in [-0.05, 0) is 29.2 Å². The van der Waals surface area contributed by atoms with Gasteiger partial charge in [-0.3, -0.25) is 4.79 Å². The van der Waals surface area contributed by atoms with Gasteiger partial charge >= 0.3 is 5.97 Å². The molecule has 0 fully saturated rings. The van der Waals surface area contributed by atoms with Gasteiger partial charge in [-0.2, -0.15) is 5.26 Å². The largest absolute Gasteiger partial charge is 0.465 e. The summed E-state index contributed by atoms with van der Waals surface area (Å²) in [6.07, 6.45) is 1.18. The van der Waals surface area contributed by atoms with Crippen LogP contribution in [-0.2, 0) is 9.53 Å². The van der Waals surface area contributed by atoms with E-state index >= 15 is 0 Å². The minimum absolute atomic E-state index is 0.221. The molecular weight excluding hydrogens is 377 g/mol. The molecule has 0 aliphatic heterocycles. The standard InChI is InChI=1S/C25H24NO2P/c26-19-10-11-20-28-25(27)18-21-29(22-12-4-1-5-13-22,23-14-6-2-7-15-23)24-16-8-3-9-17-24/h1-9,12-17,21H,10-11,18,20H2. The van der Waals surface area contributed by atoms with E-state index in [2.05, 4.69) is 48.3 Å². The molecule has 4 heteroatoms. The van der Waals surface area contributed by atoms with Crippen molar-refractivity contribution in [2.24, 2.45) is 0 Å². The SMILES string of the molecule is N#CCCCOC(=O)CC=P(c1ccccc1)(c1ccccc1)c1ccccc1. The quantitative estimate of drug-likeness (QED) is 0.325. The van der Waals surface area contributed by atoms with E-state index in [1.807, 2.05) is 54.6 Å². The van der Waals surface area contributed by atoms with E-state index in [1.165, 1.54) is 15.9 Å². The Morgan fingerprint density at radius 2 is 1.28 bits per heavy atom. The fourth-order valence-corrected chi connectivity index (χ4v) is 7.24. The van der Waals surface area contributed by atoms with Crippen LogP contribution in [-0.4, -0.2) is 18.4 Å². The number of nitrogens with zero attached hydrogens (tertiary/aromatic N) is 1. The second kappa shape index (κ2) is 10.5. The number of esters is 1. The van der Waals surface area contributed by atoms with Crippen molar-refractivity contribution in [3.63, 3.8) is 0 Å². The molecule has 3 nitrogen and oxygen atoms in total. The Bertz CT molecular complexity index is 906. The van der Waals surface area contributed by atoms with Crippen molar-refractivity contribution in [1.82, 2.24) is 0 Å². The Hall–Kier alpha value is -3.08. The normalized spacial score (nSPS) is 10.7. The molecular formula is C25H24NO2P. The predicted molar refractivity (Wildman–Crippen MR) is 122 cm³/mol. The zero-order valence-electron chi connectivity index (χ0n) is 16.3. The molecule has 0 amide bonds. The third kappa shape index (κ3) is 5.05. The minimum Gasteiger partial charge on any atom is -0.465 e. The molecule has 0 aliphatic rings. The highest BCUT2D eigenvalue weighted by molar-refractivity contribution is 7.94. The molecule has 0 saturated heterocycles. The van der Waals surface area contributed by atoms with E-state index in [4.69, 9.17) is 10.00 Å². The first kappa shape index (κ1) is 20.6. The lowest BCUT2D eigenvalue weighted by Crippen LogP contribution is -2.27. The summed E-state index contributed by atoms with van der Waals surface area (Å²) in [5.41, 5.74) is 0. The lowest BCUT2D eigenvalue weighted by Gasteiger charge is -2.28. The van der Waals surface area contributed by atoms with Gasteiger partial charge in [-0.25, -0.2) is 0 Å². The smallest absolute Gasteiger partial charge is 0.309 e. The summed E-state index contributed by atoms with van der Waals surface area (Å²) in [6, 6.07) is 33.2. The van der Waals surface area contributed by atoms with Gasteiger partial charge < -0.3 is 4.74 Å². The van der Waals surface area contributed by atoms with Gasteiger partial charge in [-0.15, -0.1) is 0 Å². The molecule has 29 heavy (non-hydrogen) atoms. The van der Waals surface area contributed by atoms with Crippen LogP contribution in [0.15, 0.2) is 91.0 Å². The monoisotopic (exact) mass is 401 g/mol. The summed E-state index contributed by atoms with van der Waals surface area (Å²) in [5, 5.41) is 12.2. The van der Waals surface area contributed by atoms with Crippen LogP contribution in [0.1, 0.15) is 19.3 Å². The Morgan fingerprint density at radius 1 is 0.828 bits per heavy atom. The Labute approximate surface area is 172 Å². The van der Waals surface area contributed by atoms with Crippen LogP contribution in [0.5, 0.6) is 0 Å². The van der Waals surface area contributed by atoms with Crippen LogP contribution in [0.4, 0.5) is 0 Å². The molecule has 0 spiro atoms. The lowest BCUT2D eigenvalue weighted by atomic mass is 10.3. The Balaban J connectivity index is 2.08. The summed E-state index contributed by atoms with van der Waals surface area (Å²) in [5.74, 6) is 1.90. The highest BCUT2D eigenvalue weighted by Gasteiger charge is 2.25. The average molecular weight is 401 g/mol. The number of unbranched alkanes of at least 4 members (excludes halogenated alkanes) is 1. The van der Waals surface area contributed by atoms with Crippen LogP contribution in [0, 0.1) is 11.3 Å². The number of benzene rings is 3. The molecule has 0 unspecified atom stereocenters. The summed E-state index contributed by atoms with van der Waals surface area (Å²) < 4.78 is 5.34. The zero-order chi connectivity index (χ0) is 20.4. The van der Waals surface area contributed by atoms with Gasteiger partial charge in [0.2, 0.25) is 0 Å². The maximum atomic E-state index is 12.4. The Kier molecular flexibility index (Phi) is 7.45. The van der Waals surface area contributed by atoms with Crippen LogP contribution in [0.25, 0.3) is 0 Å². The van der Waals surface area contributed by atoms with Crippen LogP contribution in [0.3, 0.4) is 0 Å². The minimum atomic E-state index is -2.13. The van der Waals surface area contributed by atoms with Gasteiger partial charge in [0.05, 0.1) is 19.1 Å². The average Bonchev–Trinajstić information content (AvgIpc) is 2.79. The summed E-state index contributed by atoms with van der Waals surface area (Å²) in [7, 11) is 0. The third-order valence-electron chi connectivity index (χ3n) is 4.72. The number of nitriles is 1. The van der Waals surface area contributed by atoms with Crippen molar-refractivity contribution < 1.29 is 9.53 Å². The van der Waals surface area contributed by atoms with E-state index in [1.54, 1.807) is 0 Å². The molecule has 0 aromatic heterocycles. The van der Waals surface area contributed by atoms with Crippen molar-refractivity contribution >= 4 is 34.6 Å². The predicted octanol–water partition coefficient (Wildman–Crippen LogP) is 4.02. The third-order valence-corrected chi connectivity index (χ3v) is 8.79. The first-order valence-corrected chi connectivity index (χ1v) is 11.6. The molecule has 0 heterocycles. The zero-order valence-corrected chi connectivity index (χ0v) is 17.2. The molecule has 146 valence electrons. The maximum Gasteiger partial charge on any atom is 0.309 e. The number of carbonyl (C=O) groups excluding carboxylic acids is 1. The molecule has 0 N–H and O–H groups in total. The number of hydrogen-bond donors (Lipinski definition) is 0. The van der Waals surface area contributed by atoms with Crippen LogP contribution < -0.4 is 15.9 Å². The summed E-state index contributed by atoms with van der Waals surface area (Å²) in [4.78, 5) is 12.4. The molecule has 0 aliphatic carbocycles. The van der Waals surface area contributed by atoms with E-state index < -0.39 is 6.89 Å². The molecule has 3 rings (SSSR count). The first-order valence-electron chi connectivity index (χ1n) is 9.70. The fourth-order valence-electron chi connectivity index (χ4n) is 3.36. The van der Waals surface area contributed by atoms with Gasteiger partial charge in [0.25, 0.3) is 0 Å². The Morgan fingerprint density at radius 3 is 1.69 bits per heavy atom. The van der Waals surface area contributed by atoms with Gasteiger partial charge in [0.1, 0.15) is 0 Å². The van der Waals surface area contributed by atoms with E-state index in [0.717, 1.165) is 0 Å². The van der Waals surface area contributed by atoms with Crippen molar-refractivity contribution in [2.75, 3.05) is 6.61 Å². The van der Waals surface area contributed by atoms with Crippen molar-refractivity contribution in [3.8, 4) is 6.07 Å². The first-order chi connectivity index (χ1) is 14.3. The maximum absolute atomic E-state index is 12.4. The molecule has 0 bridgehead atoms. The molecule has 3 aromatic rings. The molecule has 0 radical (unpaired) electrons. The van der Waals surface area contributed by atoms with Gasteiger partial charge in [-0.1, -0.05) is 96.8 Å². The topological polar surface area (TPSA) is 50.1 Å². The molecule has 0 saturated carbocycles. The van der Waals surface area contributed by atoms with Crippen molar-refractivity contribution in [2.45, 2.75) is 19.3 Å². The molecule has 3 aromatic carbocycles. The van der Waals surface area contributed by atoms with Crippen LogP contribution >= 0.6 is 6.89 Å². The van der Waals surface area contributed by atoms with Crippen molar-refractivity contribution in [3.05, 3.63) is 91.0 Å². The lowest BCUT2D eigenvalue weighted by molar-refractivity contribution is -0.142. The summed E-state index contributed by atoms with van der Waals surface area (Å²) in [6.45, 7) is -1.84. The summed E-state index contributed by atoms with van der Waals surface area (Å²) >= 11 is 0. The number of rotatable bonds is 8. The highest BCUT2D eigenvalue weighted by atomic mass is 31.2. The number of carbonyl (C=O) groups is 1. The number of ether oxygens (including phenoxy) is 1. The van der Waals surface area contributed by atoms with Crippen molar-refractivity contribution in [1.29, 1.82) is 5.26 Å². The van der Waals surface area contributed by atoms with Gasteiger partial charge in [0, 0.05) is 6.42 Å². The van der Waals surface area contributed by atoms with E-state index in [0.29, 0.717) is 12.8 Å². The number of hydrogen-bond acceptors (Lipinski definition) is 3. The molecule has 0 atom stereocenters. The second-order valence-electron chi connectivity index (χ2n) is 6.60. The second-order valence-corrected chi connectivity index (χ2v) is 9.96. The van der Waals surface area contributed by atoms with Crippen LogP contribution in [0.2, 0.25) is 0 Å².